The number of allylic oxidation sites excluding steroid dienone is 1. The van der Waals surface area contributed by atoms with Crippen LogP contribution in [0.5, 0.6) is 0 Å². The Bertz CT molecular complexity index is 655. The molecule has 25 heavy (non-hydrogen) atoms. The molecule has 3 fully saturated rings. The summed E-state index contributed by atoms with van der Waals surface area (Å²) in [7, 11) is 4.43. The molecule has 0 aromatic rings. The van der Waals surface area contributed by atoms with Gasteiger partial charge in [0.1, 0.15) is 0 Å². The van der Waals surface area contributed by atoms with Crippen LogP contribution in [0, 0.1) is 46.8 Å². The second-order valence-electron chi connectivity index (χ2n) is 9.93. The average molecular weight is 340 g/mol. The lowest BCUT2D eigenvalue weighted by molar-refractivity contribution is -0.117. The van der Waals surface area contributed by atoms with Gasteiger partial charge in [0.15, 0.2) is 5.78 Å². The number of carbonyl (C=O) groups excluding carboxylic acids is 1. The maximum atomic E-state index is 11.9. The molecule has 7 atom stereocenters. The Labute approximate surface area is 153 Å². The van der Waals surface area contributed by atoms with Gasteiger partial charge in [-0.3, -0.25) is 4.79 Å². The first-order valence-electron chi connectivity index (χ1n) is 10.2. The Hall–Kier alpha value is -1.07. The number of nitrogens with zero attached hydrogens (tertiary/aromatic N) is 1. The standard InChI is InChI=1S/C23H33NO/c1-6-15-13-20-18-8-7-16-14-17(25)9-11-22(16,2)19(18)10-12-23(20,3)21(15)24(4)5/h1,14-15,18-21H,7-13H2,2-5H3/t15-,18+,19-,20-,21+,22-,23-/m0/s1. The van der Waals surface area contributed by atoms with Crippen molar-refractivity contribution in [3.63, 3.8) is 0 Å². The summed E-state index contributed by atoms with van der Waals surface area (Å²) >= 11 is 0. The summed E-state index contributed by atoms with van der Waals surface area (Å²) in [5, 5.41) is 0. The SMILES string of the molecule is C#C[C@H]1C[C@H]2[C@@H]3CCC4=CC(=O)CC[C@]4(C)[C@H]3CC[C@]2(C)[C@@H]1N(C)C. The molecule has 136 valence electrons. The van der Waals surface area contributed by atoms with Gasteiger partial charge in [-0.25, -0.2) is 0 Å². The minimum Gasteiger partial charge on any atom is -0.305 e. The van der Waals surface area contributed by atoms with Crippen LogP contribution in [0.25, 0.3) is 0 Å². The van der Waals surface area contributed by atoms with Crippen molar-refractivity contribution in [2.24, 2.45) is 34.5 Å². The first kappa shape index (κ1) is 17.3. The highest BCUT2D eigenvalue weighted by Crippen LogP contribution is 2.66. The maximum absolute atomic E-state index is 11.9. The van der Waals surface area contributed by atoms with E-state index in [2.05, 4.69) is 38.8 Å². The van der Waals surface area contributed by atoms with Gasteiger partial charge in [-0.05, 0) is 87.3 Å². The molecule has 0 aromatic carbocycles. The number of ketones is 1. The highest BCUT2D eigenvalue weighted by atomic mass is 16.1. The van der Waals surface area contributed by atoms with Crippen LogP contribution in [-0.2, 0) is 4.79 Å². The monoisotopic (exact) mass is 339 g/mol. The predicted octanol–water partition coefficient (Wildman–Crippen LogP) is 4.31. The Morgan fingerprint density at radius 1 is 1.16 bits per heavy atom. The van der Waals surface area contributed by atoms with E-state index in [0.29, 0.717) is 23.2 Å². The molecule has 3 saturated carbocycles. The van der Waals surface area contributed by atoms with Crippen LogP contribution in [-0.4, -0.2) is 30.8 Å². The van der Waals surface area contributed by atoms with E-state index in [-0.39, 0.29) is 5.41 Å². The van der Waals surface area contributed by atoms with Crippen molar-refractivity contribution in [3.8, 4) is 12.3 Å². The molecular formula is C23H33NO. The molecule has 0 heterocycles. The van der Waals surface area contributed by atoms with Gasteiger partial charge in [0, 0.05) is 18.4 Å². The number of rotatable bonds is 1. The van der Waals surface area contributed by atoms with Gasteiger partial charge < -0.3 is 4.90 Å². The van der Waals surface area contributed by atoms with Crippen LogP contribution in [0.2, 0.25) is 0 Å². The molecule has 0 aliphatic heterocycles. The Kier molecular flexibility index (Phi) is 3.97. The lowest BCUT2D eigenvalue weighted by atomic mass is 9.47. The molecule has 4 aliphatic rings. The predicted molar refractivity (Wildman–Crippen MR) is 102 cm³/mol. The van der Waals surface area contributed by atoms with Crippen LogP contribution in [0.4, 0.5) is 0 Å². The fourth-order valence-electron chi connectivity index (χ4n) is 7.69. The zero-order chi connectivity index (χ0) is 18.0. The van der Waals surface area contributed by atoms with Crippen molar-refractivity contribution in [1.29, 1.82) is 0 Å². The van der Waals surface area contributed by atoms with E-state index in [1.807, 2.05) is 6.08 Å². The van der Waals surface area contributed by atoms with Crippen LogP contribution in [0.1, 0.15) is 58.8 Å². The third kappa shape index (κ3) is 2.31. The Balaban J connectivity index is 1.69. The van der Waals surface area contributed by atoms with Crippen LogP contribution < -0.4 is 0 Å². The quantitative estimate of drug-likeness (QED) is 0.664. The summed E-state index contributed by atoms with van der Waals surface area (Å²) in [6.07, 6.45) is 16.0. The molecular weight excluding hydrogens is 306 g/mol. The van der Waals surface area contributed by atoms with Gasteiger partial charge in [0.2, 0.25) is 0 Å². The van der Waals surface area contributed by atoms with Gasteiger partial charge in [0.05, 0.1) is 0 Å². The number of hydrogen-bond donors (Lipinski definition) is 0. The summed E-state index contributed by atoms with van der Waals surface area (Å²) in [4.78, 5) is 14.4. The van der Waals surface area contributed by atoms with E-state index in [0.717, 1.165) is 37.0 Å². The third-order valence-corrected chi connectivity index (χ3v) is 8.73. The molecule has 0 saturated heterocycles. The van der Waals surface area contributed by atoms with E-state index in [4.69, 9.17) is 6.42 Å². The summed E-state index contributed by atoms with van der Waals surface area (Å²) < 4.78 is 0. The normalized spacial score (nSPS) is 49.0. The van der Waals surface area contributed by atoms with Gasteiger partial charge >= 0.3 is 0 Å². The van der Waals surface area contributed by atoms with E-state index in [9.17, 15) is 4.79 Å². The fraction of sp³-hybridized carbons (Fsp3) is 0.783. The van der Waals surface area contributed by atoms with Crippen molar-refractivity contribution in [2.45, 2.75) is 64.8 Å². The van der Waals surface area contributed by atoms with E-state index < -0.39 is 0 Å². The van der Waals surface area contributed by atoms with Gasteiger partial charge in [-0.1, -0.05) is 19.4 Å². The van der Waals surface area contributed by atoms with Crippen LogP contribution in [0.3, 0.4) is 0 Å². The average Bonchev–Trinajstić information content (AvgIpc) is 2.88. The van der Waals surface area contributed by atoms with Crippen molar-refractivity contribution >= 4 is 5.78 Å². The molecule has 4 aliphatic carbocycles. The lowest BCUT2D eigenvalue weighted by Gasteiger charge is -2.58. The van der Waals surface area contributed by atoms with Crippen LogP contribution in [0.15, 0.2) is 11.6 Å². The first-order chi connectivity index (χ1) is 11.8. The largest absolute Gasteiger partial charge is 0.305 e. The molecule has 0 bridgehead atoms. The molecule has 0 spiro atoms. The number of carbonyl (C=O) groups is 1. The van der Waals surface area contributed by atoms with E-state index in [1.54, 1.807) is 0 Å². The third-order valence-electron chi connectivity index (χ3n) is 8.73. The lowest BCUT2D eigenvalue weighted by Crippen LogP contribution is -2.53. The van der Waals surface area contributed by atoms with Gasteiger partial charge in [-0.2, -0.15) is 0 Å². The highest BCUT2D eigenvalue weighted by molar-refractivity contribution is 5.91. The zero-order valence-electron chi connectivity index (χ0n) is 16.3. The zero-order valence-corrected chi connectivity index (χ0v) is 16.3. The van der Waals surface area contributed by atoms with Gasteiger partial charge in [-0.15, -0.1) is 12.3 Å². The van der Waals surface area contributed by atoms with Crippen molar-refractivity contribution in [1.82, 2.24) is 4.90 Å². The van der Waals surface area contributed by atoms with Gasteiger partial charge in [0.25, 0.3) is 0 Å². The number of hydrogen-bond acceptors (Lipinski definition) is 2. The topological polar surface area (TPSA) is 20.3 Å². The first-order valence-corrected chi connectivity index (χ1v) is 10.2. The molecule has 0 unspecified atom stereocenters. The minimum atomic E-state index is 0.264. The van der Waals surface area contributed by atoms with E-state index >= 15 is 0 Å². The molecule has 0 amide bonds. The molecule has 0 N–H and O–H groups in total. The van der Waals surface area contributed by atoms with Crippen molar-refractivity contribution in [2.75, 3.05) is 14.1 Å². The summed E-state index contributed by atoms with van der Waals surface area (Å²) in [6.45, 7) is 4.98. The number of fused-ring (bicyclic) bond motifs is 5. The van der Waals surface area contributed by atoms with Crippen LogP contribution >= 0.6 is 0 Å². The summed E-state index contributed by atoms with van der Waals surface area (Å²) in [6, 6.07) is 0.515. The van der Waals surface area contributed by atoms with Crippen molar-refractivity contribution in [3.05, 3.63) is 11.6 Å². The molecule has 0 aromatic heterocycles. The summed E-state index contributed by atoms with van der Waals surface area (Å²) in [5.74, 6) is 6.17. The molecule has 2 nitrogen and oxygen atoms in total. The molecule has 2 heteroatoms. The smallest absolute Gasteiger partial charge is 0.155 e. The maximum Gasteiger partial charge on any atom is 0.155 e. The Morgan fingerprint density at radius 3 is 2.60 bits per heavy atom. The summed E-state index contributed by atoms with van der Waals surface area (Å²) in [5.41, 5.74) is 2.08. The molecule has 4 rings (SSSR count). The van der Waals surface area contributed by atoms with E-state index in [1.165, 1.54) is 31.3 Å². The minimum absolute atomic E-state index is 0.264. The number of terminal acetylenes is 1. The Morgan fingerprint density at radius 2 is 1.92 bits per heavy atom. The second-order valence-corrected chi connectivity index (χ2v) is 9.93. The highest BCUT2D eigenvalue weighted by Gasteiger charge is 2.61. The fourth-order valence-corrected chi connectivity index (χ4v) is 7.69. The second kappa shape index (κ2) is 5.71. The molecule has 0 radical (unpaired) electrons. The van der Waals surface area contributed by atoms with Crippen molar-refractivity contribution < 1.29 is 4.79 Å².